The standard InChI is InChI=1S/C26H22F3IN2O/c27-26(28,29)18-9-11-20(12-10-18)32-24(17-5-3-6-19(30)14-17)15-23(25(32)33)31-22-13-8-16-4-1-2-7-21(16)22/h1-7,9-12,14,22-24,31H,8,13,15H2/t22-,23+,24+/m1/s1. The summed E-state index contributed by atoms with van der Waals surface area (Å²) in [4.78, 5) is 15.3. The maximum Gasteiger partial charge on any atom is 0.416 e. The molecule has 0 unspecified atom stereocenters. The molecular formula is C26H22F3IN2O. The first kappa shape index (κ1) is 22.4. The van der Waals surface area contributed by atoms with E-state index in [0.29, 0.717) is 12.1 Å². The van der Waals surface area contributed by atoms with Gasteiger partial charge in [0, 0.05) is 15.3 Å². The molecule has 1 aliphatic heterocycles. The first-order valence-electron chi connectivity index (χ1n) is 10.9. The van der Waals surface area contributed by atoms with Gasteiger partial charge in [-0.15, -0.1) is 0 Å². The third kappa shape index (κ3) is 4.40. The van der Waals surface area contributed by atoms with Gasteiger partial charge in [-0.05, 0) is 94.9 Å². The maximum atomic E-state index is 13.6. The zero-order valence-electron chi connectivity index (χ0n) is 17.6. The molecule has 2 aliphatic rings. The minimum absolute atomic E-state index is 0.0965. The van der Waals surface area contributed by atoms with Crippen molar-refractivity contribution in [3.05, 3.63) is 98.6 Å². The lowest BCUT2D eigenvalue weighted by molar-refractivity contribution is -0.137. The highest BCUT2D eigenvalue weighted by molar-refractivity contribution is 14.1. The average molecular weight is 562 g/mol. The van der Waals surface area contributed by atoms with Gasteiger partial charge in [0.15, 0.2) is 0 Å². The van der Waals surface area contributed by atoms with Gasteiger partial charge in [-0.2, -0.15) is 13.2 Å². The van der Waals surface area contributed by atoms with Crippen LogP contribution in [0, 0.1) is 3.57 Å². The summed E-state index contributed by atoms with van der Waals surface area (Å²) in [7, 11) is 0. The maximum absolute atomic E-state index is 13.6. The second-order valence-electron chi connectivity index (χ2n) is 8.57. The van der Waals surface area contributed by atoms with Crippen LogP contribution in [-0.4, -0.2) is 11.9 Å². The third-order valence-corrected chi connectivity index (χ3v) is 7.22. The topological polar surface area (TPSA) is 32.3 Å². The first-order valence-corrected chi connectivity index (χ1v) is 12.0. The van der Waals surface area contributed by atoms with Crippen LogP contribution in [0.15, 0.2) is 72.8 Å². The monoisotopic (exact) mass is 562 g/mol. The van der Waals surface area contributed by atoms with Crippen molar-refractivity contribution in [2.75, 3.05) is 4.90 Å². The normalized spacial score (nSPS) is 22.6. The number of halogens is 4. The lowest BCUT2D eigenvalue weighted by Gasteiger charge is -2.26. The molecular weight excluding hydrogens is 540 g/mol. The van der Waals surface area contributed by atoms with Crippen LogP contribution in [0.5, 0.6) is 0 Å². The number of hydrogen-bond acceptors (Lipinski definition) is 2. The van der Waals surface area contributed by atoms with Gasteiger partial charge in [0.1, 0.15) is 0 Å². The molecule has 5 rings (SSSR count). The summed E-state index contributed by atoms with van der Waals surface area (Å²) in [6.45, 7) is 0. The molecule has 7 heteroatoms. The molecule has 0 radical (unpaired) electrons. The van der Waals surface area contributed by atoms with Crippen LogP contribution in [-0.2, 0) is 17.4 Å². The molecule has 3 nitrogen and oxygen atoms in total. The van der Waals surface area contributed by atoms with E-state index in [0.717, 1.165) is 34.1 Å². The Balaban J connectivity index is 1.47. The van der Waals surface area contributed by atoms with Gasteiger partial charge in [0.05, 0.1) is 17.6 Å². The predicted octanol–water partition coefficient (Wildman–Crippen LogP) is 6.43. The largest absolute Gasteiger partial charge is 0.416 e. The van der Waals surface area contributed by atoms with E-state index in [9.17, 15) is 18.0 Å². The number of carbonyl (C=O) groups is 1. The van der Waals surface area contributed by atoms with Gasteiger partial charge >= 0.3 is 6.18 Å². The highest BCUT2D eigenvalue weighted by Gasteiger charge is 2.43. The molecule has 170 valence electrons. The molecule has 33 heavy (non-hydrogen) atoms. The van der Waals surface area contributed by atoms with Gasteiger partial charge in [-0.1, -0.05) is 36.4 Å². The van der Waals surface area contributed by atoms with Crippen molar-refractivity contribution in [3.8, 4) is 0 Å². The third-order valence-electron chi connectivity index (χ3n) is 6.55. The lowest BCUT2D eigenvalue weighted by atomic mass is 10.0. The number of anilines is 1. The second-order valence-corrected chi connectivity index (χ2v) is 9.81. The number of aryl methyl sites for hydroxylation is 1. The molecule has 1 fully saturated rings. The Morgan fingerprint density at radius 1 is 0.939 bits per heavy atom. The molecule has 1 amide bonds. The molecule has 1 N–H and O–H groups in total. The Labute approximate surface area is 204 Å². The molecule has 1 aliphatic carbocycles. The van der Waals surface area contributed by atoms with Gasteiger partial charge < -0.3 is 4.90 Å². The molecule has 3 atom stereocenters. The van der Waals surface area contributed by atoms with Crippen molar-refractivity contribution in [2.45, 2.75) is 43.6 Å². The fourth-order valence-corrected chi connectivity index (χ4v) is 5.55. The molecule has 3 aromatic rings. The van der Waals surface area contributed by atoms with E-state index in [1.165, 1.54) is 23.3 Å². The first-order chi connectivity index (χ1) is 15.8. The van der Waals surface area contributed by atoms with E-state index in [1.54, 1.807) is 4.90 Å². The van der Waals surface area contributed by atoms with E-state index in [1.807, 2.05) is 36.4 Å². The smallest absolute Gasteiger partial charge is 0.304 e. The quantitative estimate of drug-likeness (QED) is 0.372. The highest BCUT2D eigenvalue weighted by atomic mass is 127. The molecule has 0 aromatic heterocycles. The summed E-state index contributed by atoms with van der Waals surface area (Å²) in [5.41, 5.74) is 3.26. The summed E-state index contributed by atoms with van der Waals surface area (Å²) in [5.74, 6) is -0.108. The van der Waals surface area contributed by atoms with Gasteiger partial charge in [-0.25, -0.2) is 0 Å². The predicted molar refractivity (Wildman–Crippen MR) is 130 cm³/mol. The molecule has 1 heterocycles. The fourth-order valence-electron chi connectivity index (χ4n) is 4.98. The number of amides is 1. The molecule has 1 saturated heterocycles. The van der Waals surface area contributed by atoms with Crippen LogP contribution < -0.4 is 10.2 Å². The number of rotatable bonds is 4. The van der Waals surface area contributed by atoms with E-state index >= 15 is 0 Å². The minimum Gasteiger partial charge on any atom is -0.304 e. The summed E-state index contributed by atoms with van der Waals surface area (Å²) in [6.07, 6.45) is -1.96. The number of hydrogen-bond donors (Lipinski definition) is 1. The van der Waals surface area contributed by atoms with Crippen LogP contribution in [0.4, 0.5) is 18.9 Å². The number of benzene rings is 3. The minimum atomic E-state index is -4.41. The number of carbonyl (C=O) groups excluding carboxylic acids is 1. The van der Waals surface area contributed by atoms with Crippen molar-refractivity contribution < 1.29 is 18.0 Å². The summed E-state index contributed by atoms with van der Waals surface area (Å²) >= 11 is 2.23. The van der Waals surface area contributed by atoms with Crippen LogP contribution in [0.1, 0.15) is 47.2 Å². The van der Waals surface area contributed by atoms with E-state index in [2.05, 4.69) is 40.0 Å². The molecule has 0 saturated carbocycles. The van der Waals surface area contributed by atoms with Crippen LogP contribution in [0.2, 0.25) is 0 Å². The van der Waals surface area contributed by atoms with Crippen molar-refractivity contribution in [1.82, 2.24) is 5.32 Å². The van der Waals surface area contributed by atoms with Gasteiger partial charge in [-0.3, -0.25) is 10.1 Å². The van der Waals surface area contributed by atoms with Crippen molar-refractivity contribution >= 4 is 34.2 Å². The fraction of sp³-hybridized carbons (Fsp3) is 0.269. The van der Waals surface area contributed by atoms with E-state index < -0.39 is 17.8 Å². The van der Waals surface area contributed by atoms with Crippen LogP contribution in [0.25, 0.3) is 0 Å². The van der Waals surface area contributed by atoms with Crippen molar-refractivity contribution in [2.24, 2.45) is 0 Å². The average Bonchev–Trinajstić information content (AvgIpc) is 3.35. The Kier molecular flexibility index (Phi) is 5.95. The Morgan fingerprint density at radius 3 is 2.42 bits per heavy atom. The number of nitrogens with one attached hydrogen (secondary N) is 1. The Morgan fingerprint density at radius 2 is 1.70 bits per heavy atom. The number of alkyl halides is 3. The SMILES string of the molecule is O=C1[C@@H](N[C@@H]2CCc3ccccc32)C[C@@H](c2cccc(I)c2)N1c1ccc(C(F)(F)F)cc1. The molecule has 0 spiro atoms. The Bertz CT molecular complexity index is 1180. The summed E-state index contributed by atoms with van der Waals surface area (Å²) < 4.78 is 40.3. The summed E-state index contributed by atoms with van der Waals surface area (Å²) in [5, 5.41) is 3.56. The molecule has 0 bridgehead atoms. The van der Waals surface area contributed by atoms with E-state index in [4.69, 9.17) is 0 Å². The van der Waals surface area contributed by atoms with Crippen molar-refractivity contribution in [3.63, 3.8) is 0 Å². The lowest BCUT2D eigenvalue weighted by Crippen LogP contribution is -2.40. The number of fused-ring (bicyclic) bond motifs is 1. The Hall–Kier alpha value is -2.39. The second kappa shape index (κ2) is 8.76. The number of nitrogens with zero attached hydrogens (tertiary/aromatic N) is 1. The zero-order chi connectivity index (χ0) is 23.2. The molecule has 3 aromatic carbocycles. The summed E-state index contributed by atoms with van der Waals surface area (Å²) in [6, 6.07) is 20.5. The van der Waals surface area contributed by atoms with E-state index in [-0.39, 0.29) is 18.0 Å². The van der Waals surface area contributed by atoms with Crippen molar-refractivity contribution in [1.29, 1.82) is 0 Å². The highest BCUT2D eigenvalue weighted by Crippen LogP contribution is 2.41. The zero-order valence-corrected chi connectivity index (χ0v) is 19.8. The van der Waals surface area contributed by atoms with Crippen LogP contribution >= 0.6 is 22.6 Å². The van der Waals surface area contributed by atoms with Gasteiger partial charge in [0.25, 0.3) is 0 Å². The van der Waals surface area contributed by atoms with Crippen LogP contribution in [0.3, 0.4) is 0 Å². The van der Waals surface area contributed by atoms with Gasteiger partial charge in [0.2, 0.25) is 5.91 Å².